The Bertz CT molecular complexity index is 1360. The second-order valence-electron chi connectivity index (χ2n) is 11.9. The van der Waals surface area contributed by atoms with Crippen molar-refractivity contribution in [3.63, 3.8) is 0 Å². The van der Waals surface area contributed by atoms with Gasteiger partial charge in [0, 0.05) is 22.5 Å². The van der Waals surface area contributed by atoms with Crippen molar-refractivity contribution in [3.8, 4) is 0 Å². The van der Waals surface area contributed by atoms with Crippen LogP contribution in [0.4, 0.5) is 11.4 Å². The molecule has 0 saturated heterocycles. The maximum Gasteiger partial charge on any atom is 0.252 e. The summed E-state index contributed by atoms with van der Waals surface area (Å²) in [5.74, 6) is -0.480. The van der Waals surface area contributed by atoms with Gasteiger partial charge in [-0.15, -0.1) is 0 Å². The van der Waals surface area contributed by atoms with Crippen molar-refractivity contribution in [2.24, 2.45) is 0 Å². The topological polar surface area (TPSA) is 157 Å². The fourth-order valence-electron chi connectivity index (χ4n) is 5.40. The summed E-state index contributed by atoms with van der Waals surface area (Å²) in [6.45, 7) is 15.3. The predicted octanol–water partition coefficient (Wildman–Crippen LogP) is 5.05. The molecule has 0 saturated carbocycles. The first-order valence-corrected chi connectivity index (χ1v) is 20.3. The van der Waals surface area contributed by atoms with Gasteiger partial charge in [0.1, 0.15) is 0 Å². The van der Waals surface area contributed by atoms with Crippen molar-refractivity contribution in [2.75, 3.05) is 47.1 Å². The predicted molar refractivity (Wildman–Crippen MR) is 195 cm³/mol. The molecule has 0 aliphatic heterocycles. The van der Waals surface area contributed by atoms with Gasteiger partial charge in [0.2, 0.25) is 20.0 Å². The summed E-state index contributed by atoms with van der Waals surface area (Å²) in [4.78, 5) is 29.3. The number of carbonyl (C=O) groups is 2. The minimum Gasteiger partial charge on any atom is -0.337 e. The number of hydrogen-bond acceptors (Lipinski definition) is 8. The lowest BCUT2D eigenvalue weighted by atomic mass is 10.1. The number of carbonyl (C=O) groups excluding carboxylic acids is 2. The van der Waals surface area contributed by atoms with E-state index in [2.05, 4.69) is 29.9 Å². The van der Waals surface area contributed by atoms with Gasteiger partial charge < -0.3 is 10.6 Å². The second kappa shape index (κ2) is 20.3. The quantitative estimate of drug-likeness (QED) is 0.0924. The number of hydrogen-bond donors (Lipinski definition) is 4. The molecule has 0 aromatic heterocycles. The molecule has 2 rings (SSSR count). The third-order valence-corrected chi connectivity index (χ3v) is 11.1. The van der Waals surface area contributed by atoms with Crippen LogP contribution >= 0.6 is 0 Å². The maximum absolute atomic E-state index is 12.6. The van der Waals surface area contributed by atoms with E-state index in [-0.39, 0.29) is 35.7 Å². The summed E-state index contributed by atoms with van der Waals surface area (Å²) in [5.41, 5.74) is 1.72. The van der Waals surface area contributed by atoms with E-state index in [0.29, 0.717) is 48.2 Å². The summed E-state index contributed by atoms with van der Waals surface area (Å²) in [7, 11) is -7.08. The highest BCUT2D eigenvalue weighted by Crippen LogP contribution is 2.16. The van der Waals surface area contributed by atoms with Crippen LogP contribution < -0.4 is 20.1 Å². The third-order valence-electron chi connectivity index (χ3n) is 8.32. The first-order valence-electron chi connectivity index (χ1n) is 17.0. The third kappa shape index (κ3) is 14.5. The minimum absolute atomic E-state index is 0.0235. The molecule has 0 heterocycles. The normalized spacial score (nSPS) is 13.2. The van der Waals surface area contributed by atoms with Crippen LogP contribution in [0.15, 0.2) is 48.5 Å². The Labute approximate surface area is 288 Å². The summed E-state index contributed by atoms with van der Waals surface area (Å²) in [5, 5.41) is 5.91. The van der Waals surface area contributed by atoms with Crippen LogP contribution in [-0.2, 0) is 20.0 Å². The van der Waals surface area contributed by atoms with Gasteiger partial charge in [-0.05, 0) is 101 Å². The molecule has 2 unspecified atom stereocenters. The molecular weight excluding hydrogens is 653 g/mol. The average Bonchev–Trinajstić information content (AvgIpc) is 3.03. The van der Waals surface area contributed by atoms with Gasteiger partial charge in [-0.3, -0.25) is 28.8 Å². The van der Waals surface area contributed by atoms with Gasteiger partial charge in [0.15, 0.2) is 0 Å². The van der Waals surface area contributed by atoms with Crippen LogP contribution in [0.25, 0.3) is 0 Å². The zero-order chi connectivity index (χ0) is 35.7. The van der Waals surface area contributed by atoms with E-state index in [4.69, 9.17) is 0 Å². The van der Waals surface area contributed by atoms with Crippen LogP contribution in [0.2, 0.25) is 0 Å². The van der Waals surface area contributed by atoms with Gasteiger partial charge in [-0.1, -0.05) is 53.4 Å². The Morgan fingerprint density at radius 1 is 0.542 bits per heavy atom. The number of anilines is 2. The van der Waals surface area contributed by atoms with E-state index in [0.717, 1.165) is 39.0 Å². The van der Waals surface area contributed by atoms with E-state index < -0.39 is 20.0 Å². The van der Waals surface area contributed by atoms with Crippen LogP contribution in [0, 0.1) is 0 Å². The highest BCUT2D eigenvalue weighted by Gasteiger charge is 2.17. The molecule has 0 fully saturated rings. The molecule has 48 heavy (non-hydrogen) atoms. The zero-order valence-corrected chi connectivity index (χ0v) is 31.1. The lowest BCUT2D eigenvalue weighted by Gasteiger charge is -2.27. The minimum atomic E-state index is -3.54. The maximum atomic E-state index is 12.6. The number of nitrogens with one attached hydrogen (secondary N) is 4. The van der Waals surface area contributed by atoms with Crippen molar-refractivity contribution < 1.29 is 26.4 Å². The lowest BCUT2D eigenvalue weighted by molar-refractivity contribution is 0.0866. The molecule has 0 radical (unpaired) electrons. The molecule has 14 heteroatoms. The van der Waals surface area contributed by atoms with Gasteiger partial charge in [-0.2, -0.15) is 0 Å². The van der Waals surface area contributed by atoms with Crippen LogP contribution in [0.3, 0.4) is 0 Å². The molecule has 12 nitrogen and oxygen atoms in total. The molecular formula is C34H56N6O6S2. The summed E-state index contributed by atoms with van der Waals surface area (Å²) in [6, 6.07) is 12.7. The second-order valence-corrected chi connectivity index (χ2v) is 15.5. The van der Waals surface area contributed by atoms with Gasteiger partial charge in [0.05, 0.1) is 23.8 Å². The molecule has 2 aromatic carbocycles. The molecule has 270 valence electrons. The zero-order valence-electron chi connectivity index (χ0n) is 29.4. The SMILES string of the molecule is CCN(CC)C(C)NC(=O)c1ccc(NS(=O)(=O)CCCCCCCCS(=O)(=O)Nc2ccc(C(=O)NC(C)N(CC)CC)cc2)cc1. The fourth-order valence-corrected chi connectivity index (χ4v) is 7.77. The number of sulfonamides is 2. The number of benzene rings is 2. The molecule has 2 atom stereocenters. The van der Waals surface area contributed by atoms with Gasteiger partial charge in [0.25, 0.3) is 11.8 Å². The molecule has 2 amide bonds. The molecule has 0 aliphatic rings. The largest absolute Gasteiger partial charge is 0.337 e. The number of unbranched alkanes of at least 4 members (excludes halogenated alkanes) is 5. The molecule has 0 bridgehead atoms. The summed E-state index contributed by atoms with van der Waals surface area (Å²) >= 11 is 0. The average molecular weight is 709 g/mol. The molecule has 0 spiro atoms. The van der Waals surface area contributed by atoms with Gasteiger partial charge >= 0.3 is 0 Å². The molecule has 2 aromatic rings. The highest BCUT2D eigenvalue weighted by atomic mass is 32.2. The van der Waals surface area contributed by atoms with E-state index in [1.165, 1.54) is 0 Å². The van der Waals surface area contributed by atoms with E-state index in [9.17, 15) is 26.4 Å². The van der Waals surface area contributed by atoms with Crippen LogP contribution in [-0.4, -0.2) is 88.5 Å². The number of nitrogens with zero attached hydrogens (tertiary/aromatic N) is 2. The smallest absolute Gasteiger partial charge is 0.252 e. The Kier molecular flexibility index (Phi) is 17.4. The van der Waals surface area contributed by atoms with E-state index in [1.54, 1.807) is 48.5 Å². The van der Waals surface area contributed by atoms with Crippen molar-refractivity contribution in [3.05, 3.63) is 59.7 Å². The van der Waals surface area contributed by atoms with Crippen molar-refractivity contribution in [1.29, 1.82) is 0 Å². The van der Waals surface area contributed by atoms with Crippen molar-refractivity contribution in [2.45, 2.75) is 92.4 Å². The lowest BCUT2D eigenvalue weighted by Crippen LogP contribution is -2.46. The number of rotatable bonds is 23. The van der Waals surface area contributed by atoms with Crippen molar-refractivity contribution in [1.82, 2.24) is 20.4 Å². The first kappa shape index (κ1) is 41.0. The van der Waals surface area contributed by atoms with Crippen LogP contribution in [0.1, 0.15) is 101 Å². The van der Waals surface area contributed by atoms with E-state index >= 15 is 0 Å². The Morgan fingerprint density at radius 3 is 1.12 bits per heavy atom. The Morgan fingerprint density at radius 2 is 0.833 bits per heavy atom. The molecule has 0 aliphatic carbocycles. The van der Waals surface area contributed by atoms with Crippen LogP contribution in [0.5, 0.6) is 0 Å². The Balaban J connectivity index is 1.66. The van der Waals surface area contributed by atoms with E-state index in [1.807, 2.05) is 41.5 Å². The first-order chi connectivity index (χ1) is 22.7. The summed E-state index contributed by atoms with van der Waals surface area (Å²) < 4.78 is 55.3. The Hall–Kier alpha value is -3.20. The van der Waals surface area contributed by atoms with Gasteiger partial charge in [-0.25, -0.2) is 16.8 Å². The van der Waals surface area contributed by atoms with Crippen molar-refractivity contribution >= 4 is 43.2 Å². The fraction of sp³-hybridized carbons (Fsp3) is 0.588. The number of amides is 2. The highest BCUT2D eigenvalue weighted by molar-refractivity contribution is 7.92. The monoisotopic (exact) mass is 708 g/mol. The summed E-state index contributed by atoms with van der Waals surface area (Å²) in [6.07, 6.45) is 3.78. The molecule has 4 N–H and O–H groups in total. The standard InChI is InChI=1S/C34H56N6O6S2/c1-7-39(8-2)27(5)35-33(41)29-17-21-31(22-18-29)37-47(43,44)25-15-13-11-12-14-16-26-48(45,46)38-32-23-19-30(20-24-32)34(42)36-28(6)40(9-3)10-4/h17-24,27-28,37-38H,7-16,25-26H2,1-6H3,(H,35,41)(H,36,42).